The number of methoxy groups -OCH3 is 1. The summed E-state index contributed by atoms with van der Waals surface area (Å²) >= 11 is 0. The Morgan fingerprint density at radius 1 is 1.32 bits per heavy atom. The van der Waals surface area contributed by atoms with Crippen LogP contribution in [-0.2, 0) is 6.54 Å². The summed E-state index contributed by atoms with van der Waals surface area (Å²) in [5, 5.41) is 3.41. The second-order valence-corrected chi connectivity index (χ2v) is 6.78. The number of rotatable bonds is 4. The quantitative estimate of drug-likeness (QED) is 0.722. The number of aromatic nitrogens is 3. The minimum Gasteiger partial charge on any atom is -0.497 e. The lowest BCUT2D eigenvalue weighted by molar-refractivity contribution is 0.207. The maximum atomic E-state index is 12.5. The van der Waals surface area contributed by atoms with E-state index < -0.39 is 0 Å². The van der Waals surface area contributed by atoms with E-state index in [0.29, 0.717) is 36.4 Å². The number of nitrogens with zero attached hydrogens (tertiary/aromatic N) is 3. The lowest BCUT2D eigenvalue weighted by atomic mass is 10.1. The lowest BCUT2D eigenvalue weighted by Crippen LogP contribution is -2.38. The highest BCUT2D eigenvalue weighted by atomic mass is 16.5. The van der Waals surface area contributed by atoms with Crippen LogP contribution in [0.3, 0.4) is 0 Å². The zero-order valence-corrected chi connectivity index (χ0v) is 15.5. The van der Waals surface area contributed by atoms with Gasteiger partial charge in [-0.1, -0.05) is 12.1 Å². The number of hydrogen-bond acceptors (Lipinski definition) is 5. The average molecular weight is 379 g/mol. The van der Waals surface area contributed by atoms with Gasteiger partial charge in [0.1, 0.15) is 11.6 Å². The summed E-state index contributed by atoms with van der Waals surface area (Å²) in [6, 6.07) is 9.18. The van der Waals surface area contributed by atoms with Gasteiger partial charge in [-0.3, -0.25) is 9.78 Å². The molecule has 8 heteroatoms. The Morgan fingerprint density at radius 3 is 2.93 bits per heavy atom. The second-order valence-electron chi connectivity index (χ2n) is 6.78. The Balaban J connectivity index is 1.39. The molecule has 1 unspecified atom stereocenters. The number of likely N-dealkylation sites (tertiary alicyclic amines) is 1. The van der Waals surface area contributed by atoms with E-state index in [1.54, 1.807) is 24.3 Å². The number of H-pyrrole nitrogens is 1. The summed E-state index contributed by atoms with van der Waals surface area (Å²) in [4.78, 5) is 37.8. The van der Waals surface area contributed by atoms with Gasteiger partial charge >= 0.3 is 6.03 Å². The van der Waals surface area contributed by atoms with Crippen LogP contribution < -0.4 is 15.6 Å². The van der Waals surface area contributed by atoms with Crippen LogP contribution in [0.1, 0.15) is 23.7 Å². The molecule has 28 heavy (non-hydrogen) atoms. The maximum Gasteiger partial charge on any atom is 0.317 e. The molecular formula is C20H21N5O3. The van der Waals surface area contributed by atoms with Gasteiger partial charge in [0.2, 0.25) is 0 Å². The highest BCUT2D eigenvalue weighted by Gasteiger charge is 2.29. The molecule has 0 saturated carbocycles. The predicted octanol–water partition coefficient (Wildman–Crippen LogP) is 2.03. The Bertz CT molecular complexity index is 1050. The molecule has 1 atom stereocenters. The van der Waals surface area contributed by atoms with Crippen molar-refractivity contribution < 1.29 is 9.53 Å². The summed E-state index contributed by atoms with van der Waals surface area (Å²) in [6.45, 7) is 1.59. The number of ether oxygens (including phenoxy) is 1. The predicted molar refractivity (Wildman–Crippen MR) is 104 cm³/mol. The van der Waals surface area contributed by atoms with Crippen molar-refractivity contribution >= 4 is 16.9 Å². The molecule has 1 aromatic carbocycles. The van der Waals surface area contributed by atoms with Crippen LogP contribution in [0.5, 0.6) is 5.75 Å². The fourth-order valence-corrected chi connectivity index (χ4v) is 3.40. The molecule has 1 saturated heterocycles. The largest absolute Gasteiger partial charge is 0.497 e. The normalized spacial score (nSPS) is 16.3. The molecule has 3 aromatic rings. The van der Waals surface area contributed by atoms with Gasteiger partial charge in [0.25, 0.3) is 5.56 Å². The van der Waals surface area contributed by atoms with Crippen molar-refractivity contribution in [2.75, 3.05) is 20.2 Å². The zero-order valence-electron chi connectivity index (χ0n) is 15.5. The molecule has 8 nitrogen and oxygen atoms in total. The number of nitrogens with one attached hydrogen (secondary N) is 2. The van der Waals surface area contributed by atoms with Crippen molar-refractivity contribution in [3.63, 3.8) is 0 Å². The molecule has 0 aliphatic carbocycles. The third-order valence-corrected chi connectivity index (χ3v) is 4.99. The van der Waals surface area contributed by atoms with E-state index in [4.69, 9.17) is 4.74 Å². The van der Waals surface area contributed by atoms with E-state index in [2.05, 4.69) is 20.3 Å². The molecule has 0 radical (unpaired) electrons. The van der Waals surface area contributed by atoms with Crippen molar-refractivity contribution in [1.82, 2.24) is 25.2 Å². The fraction of sp³-hybridized carbons (Fsp3) is 0.300. The number of benzene rings is 1. The van der Waals surface area contributed by atoms with E-state index >= 15 is 0 Å². The first-order valence-electron chi connectivity index (χ1n) is 9.13. The number of pyridine rings is 1. The van der Waals surface area contributed by atoms with Crippen LogP contribution in [0.15, 0.2) is 47.5 Å². The van der Waals surface area contributed by atoms with E-state index in [1.807, 2.05) is 24.3 Å². The molecule has 2 aromatic heterocycles. The van der Waals surface area contributed by atoms with Gasteiger partial charge in [-0.25, -0.2) is 9.78 Å². The minimum atomic E-state index is -0.199. The van der Waals surface area contributed by atoms with Gasteiger partial charge in [0.05, 0.1) is 18.0 Å². The second kappa shape index (κ2) is 7.67. The Hall–Kier alpha value is -3.42. The molecule has 1 aliphatic rings. The number of carbonyl (C=O) groups excluding carboxylic acids is 1. The first-order chi connectivity index (χ1) is 13.6. The number of fused-ring (bicyclic) bond motifs is 1. The summed E-state index contributed by atoms with van der Waals surface area (Å²) in [7, 11) is 1.62. The maximum absolute atomic E-state index is 12.5. The number of carbonyl (C=O) groups is 1. The fourth-order valence-electron chi connectivity index (χ4n) is 3.40. The SMILES string of the molecule is COc1ccc(CNC(=O)N2CCC(c3nc4ccncc4c(=O)[nH]3)C2)cc1. The van der Waals surface area contributed by atoms with Gasteiger partial charge in [-0.05, 0) is 30.2 Å². The number of aromatic amines is 1. The van der Waals surface area contributed by atoms with Crippen molar-refractivity contribution in [2.24, 2.45) is 0 Å². The molecule has 2 amide bonds. The lowest BCUT2D eigenvalue weighted by Gasteiger charge is -2.17. The van der Waals surface area contributed by atoms with Gasteiger partial charge in [-0.2, -0.15) is 0 Å². The average Bonchev–Trinajstić information content (AvgIpc) is 3.23. The van der Waals surface area contributed by atoms with E-state index in [9.17, 15) is 9.59 Å². The highest BCUT2D eigenvalue weighted by molar-refractivity contribution is 5.76. The number of amides is 2. The highest BCUT2D eigenvalue weighted by Crippen LogP contribution is 2.25. The summed E-state index contributed by atoms with van der Waals surface area (Å²) < 4.78 is 5.13. The van der Waals surface area contributed by atoms with Crippen molar-refractivity contribution in [1.29, 1.82) is 0 Å². The Morgan fingerprint density at radius 2 is 2.14 bits per heavy atom. The minimum absolute atomic E-state index is 0.0111. The van der Waals surface area contributed by atoms with Crippen molar-refractivity contribution in [3.05, 3.63) is 64.5 Å². The molecule has 4 rings (SSSR count). The van der Waals surface area contributed by atoms with Crippen LogP contribution in [0.25, 0.3) is 10.9 Å². The Labute approximate surface area is 161 Å². The molecule has 0 bridgehead atoms. The molecule has 2 N–H and O–H groups in total. The van der Waals surface area contributed by atoms with E-state index in [1.165, 1.54) is 6.20 Å². The molecule has 1 fully saturated rings. The topological polar surface area (TPSA) is 100 Å². The summed E-state index contributed by atoms with van der Waals surface area (Å²) in [5.74, 6) is 1.41. The van der Waals surface area contributed by atoms with Gasteiger partial charge in [0, 0.05) is 37.9 Å². The van der Waals surface area contributed by atoms with Crippen LogP contribution >= 0.6 is 0 Å². The summed E-state index contributed by atoms with van der Waals surface area (Å²) in [5.41, 5.74) is 1.42. The first-order valence-corrected chi connectivity index (χ1v) is 9.13. The van der Waals surface area contributed by atoms with Crippen LogP contribution in [0.4, 0.5) is 4.79 Å². The van der Waals surface area contributed by atoms with Crippen molar-refractivity contribution in [3.8, 4) is 5.75 Å². The van der Waals surface area contributed by atoms with Gasteiger partial charge in [-0.15, -0.1) is 0 Å². The van der Waals surface area contributed by atoms with E-state index in [-0.39, 0.29) is 17.5 Å². The first kappa shape index (κ1) is 18.0. The van der Waals surface area contributed by atoms with Crippen molar-refractivity contribution in [2.45, 2.75) is 18.9 Å². The summed E-state index contributed by atoms with van der Waals surface area (Å²) in [6.07, 6.45) is 3.89. The molecule has 1 aliphatic heterocycles. The number of urea groups is 1. The molecule has 3 heterocycles. The smallest absolute Gasteiger partial charge is 0.317 e. The van der Waals surface area contributed by atoms with Gasteiger partial charge < -0.3 is 19.9 Å². The van der Waals surface area contributed by atoms with Crippen LogP contribution in [0.2, 0.25) is 0 Å². The van der Waals surface area contributed by atoms with Crippen LogP contribution in [0, 0.1) is 0 Å². The van der Waals surface area contributed by atoms with E-state index in [0.717, 1.165) is 17.7 Å². The third-order valence-electron chi connectivity index (χ3n) is 4.99. The number of hydrogen-bond donors (Lipinski definition) is 2. The molecular weight excluding hydrogens is 358 g/mol. The van der Waals surface area contributed by atoms with Crippen LogP contribution in [-0.4, -0.2) is 46.1 Å². The monoisotopic (exact) mass is 379 g/mol. The standard InChI is InChI=1S/C20H21N5O3/c1-28-15-4-2-13(3-5-15)10-22-20(27)25-9-7-14(12-25)18-23-17-6-8-21-11-16(17)19(26)24-18/h2-6,8,11,14H,7,9-10,12H2,1H3,(H,22,27)(H,23,24,26). The molecule has 144 valence electrons. The zero-order chi connectivity index (χ0) is 19.5. The third kappa shape index (κ3) is 3.66. The Kier molecular flexibility index (Phi) is 4.92. The molecule has 0 spiro atoms. The van der Waals surface area contributed by atoms with Gasteiger partial charge in [0.15, 0.2) is 0 Å².